The van der Waals surface area contributed by atoms with E-state index in [1.165, 1.54) is 11.6 Å². The number of benzene rings is 3. The Morgan fingerprint density at radius 3 is 2.46 bits per heavy atom. The second-order valence-electron chi connectivity index (χ2n) is 9.85. The predicted octanol–water partition coefficient (Wildman–Crippen LogP) is 5.48. The molecule has 0 bridgehead atoms. The average Bonchev–Trinajstić information content (AvgIpc) is 3.60. The highest BCUT2D eigenvalue weighted by atomic mass is 19.1. The van der Waals surface area contributed by atoms with Crippen LogP contribution >= 0.6 is 0 Å². The van der Waals surface area contributed by atoms with E-state index in [0.717, 1.165) is 32.1 Å². The van der Waals surface area contributed by atoms with Crippen LogP contribution in [-0.2, 0) is 11.2 Å². The van der Waals surface area contributed by atoms with Crippen molar-refractivity contribution in [3.05, 3.63) is 95.8 Å². The van der Waals surface area contributed by atoms with E-state index in [2.05, 4.69) is 17.4 Å². The van der Waals surface area contributed by atoms with Crippen LogP contribution in [0.2, 0.25) is 0 Å². The van der Waals surface area contributed by atoms with Crippen molar-refractivity contribution in [2.24, 2.45) is 11.3 Å². The summed E-state index contributed by atoms with van der Waals surface area (Å²) >= 11 is 0. The second kappa shape index (κ2) is 10.0. The molecule has 1 unspecified atom stereocenters. The summed E-state index contributed by atoms with van der Waals surface area (Å²) in [4.78, 5) is 27.7. The van der Waals surface area contributed by atoms with Gasteiger partial charge < -0.3 is 10.2 Å². The van der Waals surface area contributed by atoms with Gasteiger partial charge in [0.25, 0.3) is 5.91 Å². The first-order valence-corrected chi connectivity index (χ1v) is 12.5. The first-order valence-electron chi connectivity index (χ1n) is 12.5. The maximum Gasteiger partial charge on any atom is 0.253 e. The molecule has 2 amide bonds. The molecular formula is C30H31FN2O2. The lowest BCUT2D eigenvalue weighted by Crippen LogP contribution is -2.40. The topological polar surface area (TPSA) is 49.4 Å². The maximum atomic E-state index is 14.2. The molecule has 180 valence electrons. The summed E-state index contributed by atoms with van der Waals surface area (Å²) in [5, 5.41) is 3.12. The molecule has 2 aliphatic rings. The number of aryl methyl sites for hydroxylation is 1. The van der Waals surface area contributed by atoms with Crippen molar-refractivity contribution in [1.29, 1.82) is 0 Å². The first-order chi connectivity index (χ1) is 17.1. The van der Waals surface area contributed by atoms with Gasteiger partial charge >= 0.3 is 0 Å². The molecule has 5 heteroatoms. The Morgan fingerprint density at radius 1 is 0.943 bits per heavy atom. The SMILES string of the molecule is O=C(NCCCc1ccccc1)C1CC12CCN(C(=O)c1cccc(-c3ccccc3F)c1)CC2. The highest BCUT2D eigenvalue weighted by Gasteiger charge is 2.58. The van der Waals surface area contributed by atoms with E-state index in [0.29, 0.717) is 36.3 Å². The highest BCUT2D eigenvalue weighted by Crippen LogP contribution is 2.59. The van der Waals surface area contributed by atoms with E-state index in [1.807, 2.05) is 29.2 Å². The van der Waals surface area contributed by atoms with Gasteiger partial charge in [0.15, 0.2) is 0 Å². The van der Waals surface area contributed by atoms with Crippen LogP contribution in [0, 0.1) is 17.2 Å². The van der Waals surface area contributed by atoms with Crippen molar-refractivity contribution < 1.29 is 14.0 Å². The standard InChI is InChI=1S/C30H31FN2O2/c31-27-14-5-4-13-25(27)23-11-6-12-24(20-23)29(35)33-18-15-30(16-19-33)21-26(30)28(34)32-17-7-10-22-8-2-1-3-9-22/h1-6,8-9,11-14,20,26H,7,10,15-19,21H2,(H,32,34). The molecule has 2 fully saturated rings. The minimum atomic E-state index is -0.296. The van der Waals surface area contributed by atoms with E-state index in [4.69, 9.17) is 0 Å². The minimum Gasteiger partial charge on any atom is -0.356 e. The van der Waals surface area contributed by atoms with Gasteiger partial charge in [0.2, 0.25) is 5.91 Å². The lowest BCUT2D eigenvalue weighted by molar-refractivity contribution is -0.123. The third kappa shape index (κ3) is 5.14. The molecule has 1 aliphatic carbocycles. The van der Waals surface area contributed by atoms with E-state index < -0.39 is 0 Å². The van der Waals surface area contributed by atoms with Gasteiger partial charge in [-0.15, -0.1) is 0 Å². The van der Waals surface area contributed by atoms with Crippen LogP contribution in [-0.4, -0.2) is 36.3 Å². The third-order valence-corrected chi connectivity index (χ3v) is 7.63. The van der Waals surface area contributed by atoms with Crippen LogP contribution in [0.25, 0.3) is 11.1 Å². The second-order valence-corrected chi connectivity index (χ2v) is 9.85. The summed E-state index contributed by atoms with van der Waals surface area (Å²) in [6.07, 6.45) is 4.53. The van der Waals surface area contributed by atoms with Gasteiger partial charge in [-0.1, -0.05) is 60.7 Å². The number of hydrogen-bond donors (Lipinski definition) is 1. The molecule has 1 spiro atoms. The van der Waals surface area contributed by atoms with Gasteiger partial charge in [0.05, 0.1) is 0 Å². The van der Waals surface area contributed by atoms with Crippen molar-refractivity contribution in [3.8, 4) is 11.1 Å². The summed E-state index contributed by atoms with van der Waals surface area (Å²) in [6, 6.07) is 24.1. The van der Waals surface area contributed by atoms with Gasteiger partial charge in [0.1, 0.15) is 5.82 Å². The maximum absolute atomic E-state index is 14.2. The van der Waals surface area contributed by atoms with Crippen LogP contribution < -0.4 is 5.32 Å². The fourth-order valence-corrected chi connectivity index (χ4v) is 5.40. The molecule has 1 saturated heterocycles. The van der Waals surface area contributed by atoms with Crippen molar-refractivity contribution in [3.63, 3.8) is 0 Å². The molecule has 1 N–H and O–H groups in total. The fourth-order valence-electron chi connectivity index (χ4n) is 5.40. The predicted molar refractivity (Wildman–Crippen MR) is 135 cm³/mol. The monoisotopic (exact) mass is 470 g/mol. The molecule has 3 aromatic rings. The third-order valence-electron chi connectivity index (χ3n) is 7.63. The largest absolute Gasteiger partial charge is 0.356 e. The number of amides is 2. The number of carbonyl (C=O) groups is 2. The van der Waals surface area contributed by atoms with E-state index >= 15 is 0 Å². The molecule has 3 aromatic carbocycles. The molecular weight excluding hydrogens is 439 g/mol. The molecule has 35 heavy (non-hydrogen) atoms. The Morgan fingerprint density at radius 2 is 1.69 bits per heavy atom. The van der Waals surface area contributed by atoms with Gasteiger partial charge in [-0.25, -0.2) is 4.39 Å². The summed E-state index contributed by atoms with van der Waals surface area (Å²) in [7, 11) is 0. The smallest absolute Gasteiger partial charge is 0.253 e. The molecule has 5 rings (SSSR count). The number of piperidine rings is 1. The Labute approximate surface area is 206 Å². The molecule has 1 atom stereocenters. The molecule has 1 aliphatic heterocycles. The summed E-state index contributed by atoms with van der Waals surface area (Å²) in [6.45, 7) is 2.00. The van der Waals surface area contributed by atoms with E-state index in [9.17, 15) is 14.0 Å². The number of carbonyl (C=O) groups excluding carboxylic acids is 2. The quantitative estimate of drug-likeness (QED) is 0.465. The van der Waals surface area contributed by atoms with Crippen LogP contribution in [0.5, 0.6) is 0 Å². The molecule has 0 aromatic heterocycles. The van der Waals surface area contributed by atoms with Crippen LogP contribution in [0.4, 0.5) is 4.39 Å². The minimum absolute atomic E-state index is 0.0272. The number of rotatable bonds is 7. The van der Waals surface area contributed by atoms with Gasteiger partial charge in [-0.05, 0) is 66.8 Å². The van der Waals surface area contributed by atoms with E-state index in [1.54, 1.807) is 36.4 Å². The van der Waals surface area contributed by atoms with Gasteiger partial charge in [0, 0.05) is 36.7 Å². The summed E-state index contributed by atoms with van der Waals surface area (Å²) < 4.78 is 14.2. The normalized spacial score (nSPS) is 18.3. The first kappa shape index (κ1) is 23.3. The van der Waals surface area contributed by atoms with Crippen molar-refractivity contribution in [2.75, 3.05) is 19.6 Å². The van der Waals surface area contributed by atoms with Crippen LogP contribution in [0.1, 0.15) is 41.6 Å². The van der Waals surface area contributed by atoms with Crippen LogP contribution in [0.15, 0.2) is 78.9 Å². The summed E-state index contributed by atoms with van der Waals surface area (Å²) in [5.74, 6) is -0.0907. The summed E-state index contributed by atoms with van der Waals surface area (Å²) in [5.41, 5.74) is 3.12. The number of nitrogens with one attached hydrogen (secondary N) is 1. The lowest BCUT2D eigenvalue weighted by atomic mass is 9.90. The molecule has 1 saturated carbocycles. The van der Waals surface area contributed by atoms with Crippen molar-refractivity contribution in [2.45, 2.75) is 32.1 Å². The van der Waals surface area contributed by atoms with Gasteiger partial charge in [-0.3, -0.25) is 9.59 Å². The van der Waals surface area contributed by atoms with Crippen molar-refractivity contribution >= 4 is 11.8 Å². The lowest BCUT2D eigenvalue weighted by Gasteiger charge is -2.33. The van der Waals surface area contributed by atoms with E-state index in [-0.39, 0.29) is 29.0 Å². The molecule has 4 nitrogen and oxygen atoms in total. The Hall–Kier alpha value is -3.47. The molecule has 1 heterocycles. The fraction of sp³-hybridized carbons (Fsp3) is 0.333. The van der Waals surface area contributed by atoms with Gasteiger partial charge in [-0.2, -0.15) is 0 Å². The number of halogens is 1. The Bertz CT molecular complexity index is 1200. The number of nitrogens with zero attached hydrogens (tertiary/aromatic N) is 1. The highest BCUT2D eigenvalue weighted by molar-refractivity contribution is 5.95. The Balaban J connectivity index is 1.11. The van der Waals surface area contributed by atoms with Crippen molar-refractivity contribution in [1.82, 2.24) is 10.2 Å². The van der Waals surface area contributed by atoms with Crippen LogP contribution in [0.3, 0.4) is 0 Å². The Kier molecular flexibility index (Phi) is 6.67. The number of likely N-dealkylation sites (tertiary alicyclic amines) is 1. The average molecular weight is 471 g/mol. The zero-order chi connectivity index (χ0) is 24.3. The zero-order valence-electron chi connectivity index (χ0n) is 19.9. The molecule has 0 radical (unpaired) electrons. The number of hydrogen-bond acceptors (Lipinski definition) is 2. The zero-order valence-corrected chi connectivity index (χ0v) is 19.9.